The summed E-state index contributed by atoms with van der Waals surface area (Å²) in [6.45, 7) is 5.38. The highest BCUT2D eigenvalue weighted by atomic mass is 16.2. The van der Waals surface area contributed by atoms with Crippen LogP contribution in [0.3, 0.4) is 0 Å². The first-order valence-corrected chi connectivity index (χ1v) is 5.22. The van der Waals surface area contributed by atoms with E-state index in [-0.39, 0.29) is 11.8 Å². The Balaban J connectivity index is 0.000000791. The molecule has 14 heavy (non-hydrogen) atoms. The molecule has 0 spiro atoms. The fraction of sp³-hybridized carbons (Fsp3) is 0.800. The van der Waals surface area contributed by atoms with Gasteiger partial charge in [-0.15, -0.1) is 0 Å². The molecule has 4 nitrogen and oxygen atoms in total. The topological polar surface area (TPSA) is 49.4 Å². The summed E-state index contributed by atoms with van der Waals surface area (Å²) in [5.41, 5.74) is 0. The molecule has 1 fully saturated rings. The van der Waals surface area contributed by atoms with Crippen molar-refractivity contribution in [2.24, 2.45) is 0 Å². The molecular weight excluding hydrogens is 180 g/mol. The molecule has 1 aliphatic heterocycles. The van der Waals surface area contributed by atoms with Crippen molar-refractivity contribution in [1.82, 2.24) is 10.2 Å². The zero-order valence-corrected chi connectivity index (χ0v) is 9.30. The van der Waals surface area contributed by atoms with Crippen LogP contribution in [0.15, 0.2) is 0 Å². The lowest BCUT2D eigenvalue weighted by Crippen LogP contribution is -2.30. The van der Waals surface area contributed by atoms with Gasteiger partial charge in [0.1, 0.15) is 0 Å². The third kappa shape index (κ3) is 4.25. The normalized spacial score (nSPS) is 14.8. The largest absolute Gasteiger partial charge is 0.359 e. The Morgan fingerprint density at radius 1 is 1.50 bits per heavy atom. The summed E-state index contributed by atoms with van der Waals surface area (Å²) < 4.78 is 0. The zero-order chi connectivity index (χ0) is 11.0. The first-order chi connectivity index (χ1) is 6.74. The molecule has 82 valence electrons. The van der Waals surface area contributed by atoms with Gasteiger partial charge in [0, 0.05) is 33.0 Å². The maximum Gasteiger partial charge on any atom is 0.222 e. The minimum atomic E-state index is -0.00491. The highest BCUT2D eigenvalue weighted by Crippen LogP contribution is 2.09. The summed E-state index contributed by atoms with van der Waals surface area (Å²) in [6.07, 6.45) is 2.00. The molecule has 1 N–H and O–H groups in total. The van der Waals surface area contributed by atoms with Gasteiger partial charge in [0.25, 0.3) is 0 Å². The van der Waals surface area contributed by atoms with E-state index in [2.05, 4.69) is 5.32 Å². The van der Waals surface area contributed by atoms with Crippen molar-refractivity contribution < 1.29 is 9.59 Å². The molecule has 0 radical (unpaired) electrons. The van der Waals surface area contributed by atoms with Crippen LogP contribution in [0.4, 0.5) is 0 Å². The lowest BCUT2D eigenvalue weighted by molar-refractivity contribution is -0.128. The number of carbonyl (C=O) groups is 2. The molecular formula is C10H20N2O2. The van der Waals surface area contributed by atoms with Crippen molar-refractivity contribution >= 4 is 11.8 Å². The van der Waals surface area contributed by atoms with E-state index in [1.165, 1.54) is 0 Å². The summed E-state index contributed by atoms with van der Waals surface area (Å²) in [4.78, 5) is 23.6. The van der Waals surface area contributed by atoms with Gasteiger partial charge in [-0.3, -0.25) is 9.59 Å². The van der Waals surface area contributed by atoms with Crippen molar-refractivity contribution in [3.63, 3.8) is 0 Å². The standard InChI is InChI=1S/C8H14N2O2.C2H6/c1-9-7(11)4-6-10-5-2-3-8(10)12;1-2/h2-6H2,1H3,(H,9,11);1-2H3. The first kappa shape index (κ1) is 12.9. The van der Waals surface area contributed by atoms with Gasteiger partial charge >= 0.3 is 0 Å². The zero-order valence-electron chi connectivity index (χ0n) is 9.30. The van der Waals surface area contributed by atoms with Gasteiger partial charge in [-0.05, 0) is 6.42 Å². The molecule has 0 saturated carbocycles. The molecule has 1 rings (SSSR count). The summed E-state index contributed by atoms with van der Waals surface area (Å²) in [5.74, 6) is 0.175. The molecule has 2 amide bonds. The summed E-state index contributed by atoms with van der Waals surface area (Å²) in [6, 6.07) is 0. The van der Waals surface area contributed by atoms with Gasteiger partial charge in [0.15, 0.2) is 0 Å². The summed E-state index contributed by atoms with van der Waals surface area (Å²) in [7, 11) is 1.61. The average molecular weight is 200 g/mol. The molecule has 0 unspecified atom stereocenters. The lowest BCUT2D eigenvalue weighted by atomic mass is 10.4. The summed E-state index contributed by atoms with van der Waals surface area (Å²) >= 11 is 0. The monoisotopic (exact) mass is 200 g/mol. The van der Waals surface area contributed by atoms with Crippen LogP contribution in [-0.2, 0) is 9.59 Å². The lowest BCUT2D eigenvalue weighted by Gasteiger charge is -2.13. The van der Waals surface area contributed by atoms with Crippen molar-refractivity contribution in [3.8, 4) is 0 Å². The van der Waals surface area contributed by atoms with E-state index in [1.807, 2.05) is 13.8 Å². The van der Waals surface area contributed by atoms with Gasteiger partial charge in [0.05, 0.1) is 0 Å². The molecule has 4 heteroatoms. The van der Waals surface area contributed by atoms with E-state index in [0.29, 0.717) is 19.4 Å². The third-order valence-electron chi connectivity index (χ3n) is 2.06. The molecule has 0 aliphatic carbocycles. The number of amides is 2. The molecule has 1 heterocycles. The van der Waals surface area contributed by atoms with Crippen LogP contribution >= 0.6 is 0 Å². The SMILES string of the molecule is CC.CNC(=O)CCN1CCCC1=O. The molecule has 0 atom stereocenters. The Kier molecular flexibility index (Phi) is 6.80. The van der Waals surface area contributed by atoms with Crippen LogP contribution in [0.2, 0.25) is 0 Å². The number of hydrogen-bond donors (Lipinski definition) is 1. The fourth-order valence-electron chi connectivity index (χ4n) is 1.30. The Labute approximate surface area is 85.7 Å². The second-order valence-electron chi connectivity index (χ2n) is 2.91. The van der Waals surface area contributed by atoms with Crippen molar-refractivity contribution in [2.45, 2.75) is 33.1 Å². The minimum absolute atomic E-state index is 0.00491. The van der Waals surface area contributed by atoms with Crippen molar-refractivity contribution in [3.05, 3.63) is 0 Å². The van der Waals surface area contributed by atoms with E-state index in [4.69, 9.17) is 0 Å². The van der Waals surface area contributed by atoms with E-state index in [0.717, 1.165) is 13.0 Å². The average Bonchev–Trinajstić information content (AvgIpc) is 2.63. The molecule has 1 saturated heterocycles. The van der Waals surface area contributed by atoms with Gasteiger partial charge < -0.3 is 10.2 Å². The van der Waals surface area contributed by atoms with Gasteiger partial charge in [-0.2, -0.15) is 0 Å². The van der Waals surface area contributed by atoms with Crippen LogP contribution in [0.25, 0.3) is 0 Å². The number of hydrogen-bond acceptors (Lipinski definition) is 2. The maximum absolute atomic E-state index is 11.1. The minimum Gasteiger partial charge on any atom is -0.359 e. The second kappa shape index (κ2) is 7.35. The Hall–Kier alpha value is -1.06. The van der Waals surface area contributed by atoms with Gasteiger partial charge in [-0.1, -0.05) is 13.8 Å². The Bertz CT molecular complexity index is 193. The van der Waals surface area contributed by atoms with Crippen LogP contribution in [0.5, 0.6) is 0 Å². The van der Waals surface area contributed by atoms with E-state index < -0.39 is 0 Å². The number of nitrogens with one attached hydrogen (secondary N) is 1. The Morgan fingerprint density at radius 3 is 2.57 bits per heavy atom. The molecule has 0 aromatic rings. The van der Waals surface area contributed by atoms with E-state index >= 15 is 0 Å². The smallest absolute Gasteiger partial charge is 0.222 e. The predicted molar refractivity (Wildman–Crippen MR) is 55.8 cm³/mol. The molecule has 0 aromatic heterocycles. The predicted octanol–water partition coefficient (Wildman–Crippen LogP) is 0.771. The van der Waals surface area contributed by atoms with Gasteiger partial charge in [-0.25, -0.2) is 0 Å². The van der Waals surface area contributed by atoms with Crippen molar-refractivity contribution in [1.29, 1.82) is 0 Å². The Morgan fingerprint density at radius 2 is 2.14 bits per heavy atom. The van der Waals surface area contributed by atoms with E-state index in [9.17, 15) is 9.59 Å². The number of rotatable bonds is 3. The van der Waals surface area contributed by atoms with E-state index in [1.54, 1.807) is 11.9 Å². The first-order valence-electron chi connectivity index (χ1n) is 5.22. The van der Waals surface area contributed by atoms with Crippen molar-refractivity contribution in [2.75, 3.05) is 20.1 Å². The number of carbonyl (C=O) groups excluding carboxylic acids is 2. The highest BCUT2D eigenvalue weighted by molar-refractivity contribution is 5.80. The molecule has 0 bridgehead atoms. The fourth-order valence-corrected chi connectivity index (χ4v) is 1.30. The van der Waals surface area contributed by atoms with Gasteiger partial charge in [0.2, 0.25) is 11.8 Å². The quantitative estimate of drug-likeness (QED) is 0.731. The molecule has 0 aromatic carbocycles. The van der Waals surface area contributed by atoms with Crippen LogP contribution < -0.4 is 5.32 Å². The van der Waals surface area contributed by atoms with Crippen LogP contribution in [0, 0.1) is 0 Å². The third-order valence-corrected chi connectivity index (χ3v) is 2.06. The second-order valence-corrected chi connectivity index (χ2v) is 2.91. The molecule has 1 aliphatic rings. The van der Waals surface area contributed by atoms with Crippen LogP contribution in [-0.4, -0.2) is 36.9 Å². The maximum atomic E-state index is 11.1. The summed E-state index contributed by atoms with van der Waals surface area (Å²) in [5, 5.41) is 2.53. The highest BCUT2D eigenvalue weighted by Gasteiger charge is 2.19. The number of nitrogens with zero attached hydrogens (tertiary/aromatic N) is 1. The van der Waals surface area contributed by atoms with Crippen LogP contribution in [0.1, 0.15) is 33.1 Å². The number of likely N-dealkylation sites (tertiary alicyclic amines) is 1.